The van der Waals surface area contributed by atoms with Crippen LogP contribution in [0.3, 0.4) is 0 Å². The van der Waals surface area contributed by atoms with Gasteiger partial charge in [0.1, 0.15) is 5.82 Å². The minimum atomic E-state index is -1.01. The molecular formula is C13H16FNO3. The lowest BCUT2D eigenvalue weighted by molar-refractivity contribution is -0.140. The molecule has 4 nitrogen and oxygen atoms in total. The minimum Gasteiger partial charge on any atom is -0.481 e. The molecule has 0 radical (unpaired) electrons. The van der Waals surface area contributed by atoms with Crippen LogP contribution in [0.15, 0.2) is 24.3 Å². The first kappa shape index (κ1) is 14.2. The van der Waals surface area contributed by atoms with E-state index in [9.17, 15) is 14.0 Å². The number of benzene rings is 1. The van der Waals surface area contributed by atoms with Gasteiger partial charge in [-0.25, -0.2) is 4.39 Å². The number of para-hydroxylation sites is 1. The summed E-state index contributed by atoms with van der Waals surface area (Å²) in [5, 5.41) is 8.87. The second-order valence-electron chi connectivity index (χ2n) is 4.05. The van der Waals surface area contributed by atoms with Crippen molar-refractivity contribution in [1.29, 1.82) is 0 Å². The average Bonchev–Trinajstić information content (AvgIpc) is 2.35. The number of anilines is 1. The predicted molar refractivity (Wildman–Crippen MR) is 65.8 cm³/mol. The van der Waals surface area contributed by atoms with Crippen LogP contribution in [0.5, 0.6) is 0 Å². The number of nitrogens with zero attached hydrogens (tertiary/aromatic N) is 1. The van der Waals surface area contributed by atoms with Gasteiger partial charge in [-0.1, -0.05) is 26.0 Å². The van der Waals surface area contributed by atoms with E-state index in [0.717, 1.165) is 0 Å². The van der Waals surface area contributed by atoms with E-state index in [1.54, 1.807) is 13.0 Å². The second-order valence-corrected chi connectivity index (χ2v) is 4.05. The van der Waals surface area contributed by atoms with E-state index in [-0.39, 0.29) is 24.6 Å². The second kappa shape index (κ2) is 6.14. The van der Waals surface area contributed by atoms with E-state index >= 15 is 0 Å². The molecule has 0 aliphatic rings. The van der Waals surface area contributed by atoms with Crippen LogP contribution in [-0.2, 0) is 9.59 Å². The summed E-state index contributed by atoms with van der Waals surface area (Å²) in [6.45, 7) is 3.10. The van der Waals surface area contributed by atoms with Gasteiger partial charge in [0.25, 0.3) is 0 Å². The summed E-state index contributed by atoms with van der Waals surface area (Å²) in [7, 11) is 0. The lowest BCUT2D eigenvalue weighted by Crippen LogP contribution is -2.37. The number of aliphatic carboxylic acids is 1. The molecule has 0 bridgehead atoms. The quantitative estimate of drug-likeness (QED) is 0.875. The van der Waals surface area contributed by atoms with Crippen molar-refractivity contribution >= 4 is 17.6 Å². The largest absolute Gasteiger partial charge is 0.481 e. The lowest BCUT2D eigenvalue weighted by atomic mass is 10.1. The third-order valence-electron chi connectivity index (χ3n) is 2.62. The molecule has 1 atom stereocenters. The number of halogens is 1. The molecule has 0 aromatic heterocycles. The van der Waals surface area contributed by atoms with Crippen LogP contribution in [0.25, 0.3) is 0 Å². The van der Waals surface area contributed by atoms with E-state index in [1.807, 2.05) is 0 Å². The molecule has 1 unspecified atom stereocenters. The lowest BCUT2D eigenvalue weighted by Gasteiger charge is -2.24. The summed E-state index contributed by atoms with van der Waals surface area (Å²) in [6, 6.07) is 5.85. The third kappa shape index (κ3) is 3.29. The van der Waals surface area contributed by atoms with Crippen LogP contribution < -0.4 is 4.90 Å². The Morgan fingerprint density at radius 1 is 1.39 bits per heavy atom. The Morgan fingerprint density at radius 2 is 2.00 bits per heavy atom. The Morgan fingerprint density at radius 3 is 2.50 bits per heavy atom. The molecule has 0 heterocycles. The highest BCUT2D eigenvalue weighted by Gasteiger charge is 2.22. The van der Waals surface area contributed by atoms with Gasteiger partial charge in [-0.15, -0.1) is 0 Å². The summed E-state index contributed by atoms with van der Waals surface area (Å²) in [4.78, 5) is 23.8. The van der Waals surface area contributed by atoms with Crippen LogP contribution in [0.1, 0.15) is 20.3 Å². The van der Waals surface area contributed by atoms with Crippen LogP contribution in [0, 0.1) is 11.7 Å². The summed E-state index contributed by atoms with van der Waals surface area (Å²) in [5.74, 6) is -2.59. The van der Waals surface area contributed by atoms with Gasteiger partial charge < -0.3 is 10.0 Å². The Bertz CT molecular complexity index is 448. The highest BCUT2D eigenvalue weighted by molar-refractivity contribution is 5.93. The van der Waals surface area contributed by atoms with Crippen molar-refractivity contribution in [3.8, 4) is 0 Å². The maximum absolute atomic E-state index is 13.6. The molecule has 1 rings (SSSR count). The van der Waals surface area contributed by atoms with Gasteiger partial charge in [0.2, 0.25) is 5.91 Å². The van der Waals surface area contributed by atoms with Gasteiger partial charge in [0.05, 0.1) is 11.6 Å². The Balaban J connectivity index is 3.03. The van der Waals surface area contributed by atoms with Gasteiger partial charge in [0, 0.05) is 13.0 Å². The molecule has 18 heavy (non-hydrogen) atoms. The fraction of sp³-hybridized carbons (Fsp3) is 0.385. The molecule has 0 aliphatic heterocycles. The molecule has 0 saturated carbocycles. The number of carboxylic acids is 1. The maximum Gasteiger partial charge on any atom is 0.308 e. The number of carbonyl (C=O) groups is 2. The average molecular weight is 253 g/mol. The van der Waals surface area contributed by atoms with Crippen molar-refractivity contribution in [3.63, 3.8) is 0 Å². The first-order chi connectivity index (χ1) is 8.47. The summed E-state index contributed by atoms with van der Waals surface area (Å²) < 4.78 is 13.6. The van der Waals surface area contributed by atoms with E-state index in [4.69, 9.17) is 5.11 Å². The number of hydrogen-bond acceptors (Lipinski definition) is 2. The van der Waals surface area contributed by atoms with Crippen molar-refractivity contribution in [1.82, 2.24) is 0 Å². The summed E-state index contributed by atoms with van der Waals surface area (Å²) in [5.41, 5.74) is 0.123. The van der Waals surface area contributed by atoms with E-state index in [2.05, 4.69) is 0 Å². The Labute approximate surface area is 105 Å². The third-order valence-corrected chi connectivity index (χ3v) is 2.62. The molecular weight excluding hydrogens is 237 g/mol. The highest BCUT2D eigenvalue weighted by Crippen LogP contribution is 2.20. The van der Waals surface area contributed by atoms with Gasteiger partial charge in [0.15, 0.2) is 0 Å². The number of carbonyl (C=O) groups excluding carboxylic acids is 1. The van der Waals surface area contributed by atoms with Crippen LogP contribution in [0.2, 0.25) is 0 Å². The highest BCUT2D eigenvalue weighted by atomic mass is 19.1. The molecule has 1 N–H and O–H groups in total. The fourth-order valence-corrected chi connectivity index (χ4v) is 1.55. The zero-order valence-electron chi connectivity index (χ0n) is 10.4. The van der Waals surface area contributed by atoms with Gasteiger partial charge >= 0.3 is 5.97 Å². The molecule has 98 valence electrons. The van der Waals surface area contributed by atoms with Gasteiger partial charge in [-0.2, -0.15) is 0 Å². The SMILES string of the molecule is CCC(=O)N(CC(C)C(=O)O)c1ccccc1F. The van der Waals surface area contributed by atoms with E-state index < -0.39 is 17.7 Å². The molecule has 0 saturated heterocycles. The molecule has 1 amide bonds. The van der Waals surface area contributed by atoms with Crippen molar-refractivity contribution in [2.24, 2.45) is 5.92 Å². The Hall–Kier alpha value is -1.91. The number of hydrogen-bond donors (Lipinski definition) is 1. The van der Waals surface area contributed by atoms with E-state index in [1.165, 1.54) is 30.0 Å². The molecule has 0 spiro atoms. The minimum absolute atomic E-state index is 0.0388. The first-order valence-corrected chi connectivity index (χ1v) is 5.75. The van der Waals surface area contributed by atoms with Crippen molar-refractivity contribution in [2.45, 2.75) is 20.3 Å². The fourth-order valence-electron chi connectivity index (χ4n) is 1.55. The van der Waals surface area contributed by atoms with Gasteiger partial charge in [-0.3, -0.25) is 9.59 Å². The van der Waals surface area contributed by atoms with E-state index in [0.29, 0.717) is 0 Å². The van der Waals surface area contributed by atoms with Crippen molar-refractivity contribution < 1.29 is 19.1 Å². The van der Waals surface area contributed by atoms with Crippen LogP contribution in [-0.4, -0.2) is 23.5 Å². The number of rotatable bonds is 5. The first-order valence-electron chi connectivity index (χ1n) is 5.75. The van der Waals surface area contributed by atoms with Gasteiger partial charge in [-0.05, 0) is 12.1 Å². The van der Waals surface area contributed by atoms with Crippen molar-refractivity contribution in [3.05, 3.63) is 30.1 Å². The number of carboxylic acid groups (broad SMARTS) is 1. The number of amides is 1. The molecule has 0 fully saturated rings. The monoisotopic (exact) mass is 253 g/mol. The van der Waals surface area contributed by atoms with Crippen LogP contribution >= 0.6 is 0 Å². The molecule has 5 heteroatoms. The molecule has 1 aromatic rings. The van der Waals surface area contributed by atoms with Crippen molar-refractivity contribution in [2.75, 3.05) is 11.4 Å². The zero-order valence-corrected chi connectivity index (χ0v) is 10.4. The predicted octanol–water partition coefficient (Wildman–Crippen LogP) is 2.29. The maximum atomic E-state index is 13.6. The molecule has 1 aromatic carbocycles. The molecule has 0 aliphatic carbocycles. The normalized spacial score (nSPS) is 11.9. The Kier molecular flexibility index (Phi) is 4.83. The smallest absolute Gasteiger partial charge is 0.308 e. The topological polar surface area (TPSA) is 57.6 Å². The summed E-state index contributed by atoms with van der Waals surface area (Å²) >= 11 is 0. The summed E-state index contributed by atoms with van der Waals surface area (Å²) in [6.07, 6.45) is 0.195. The van der Waals surface area contributed by atoms with Crippen LogP contribution in [0.4, 0.5) is 10.1 Å². The zero-order chi connectivity index (χ0) is 13.7. The standard InChI is InChI=1S/C13H16FNO3/c1-3-12(16)15(8-9(2)13(17)18)11-7-5-4-6-10(11)14/h4-7,9H,3,8H2,1-2H3,(H,17,18).